The van der Waals surface area contributed by atoms with Crippen LogP contribution in [-0.4, -0.2) is 41.4 Å². The summed E-state index contributed by atoms with van der Waals surface area (Å²) in [6.07, 6.45) is 0. The third-order valence-corrected chi connectivity index (χ3v) is 3.31. The van der Waals surface area contributed by atoms with E-state index in [4.69, 9.17) is 4.74 Å². The van der Waals surface area contributed by atoms with Crippen molar-refractivity contribution < 1.29 is 14.9 Å². The zero-order chi connectivity index (χ0) is 13.7. The summed E-state index contributed by atoms with van der Waals surface area (Å²) in [7, 11) is 1.67. The van der Waals surface area contributed by atoms with Gasteiger partial charge in [-0.05, 0) is 32.5 Å². The first kappa shape index (κ1) is 14.8. The molecular formula is C14H23NO3. The molecule has 0 saturated heterocycles. The van der Waals surface area contributed by atoms with Crippen LogP contribution >= 0.6 is 0 Å². The van der Waals surface area contributed by atoms with Crippen molar-refractivity contribution in [3.63, 3.8) is 0 Å². The molecule has 18 heavy (non-hydrogen) atoms. The Morgan fingerprint density at radius 2 is 1.78 bits per heavy atom. The molecule has 4 heteroatoms. The zero-order valence-electron chi connectivity index (χ0n) is 11.6. The molecular weight excluding hydrogens is 230 g/mol. The fourth-order valence-electron chi connectivity index (χ4n) is 2.44. The maximum atomic E-state index is 9.90. The van der Waals surface area contributed by atoms with Crippen LogP contribution in [-0.2, 0) is 4.74 Å². The average Bonchev–Trinajstić information content (AvgIpc) is 2.30. The summed E-state index contributed by atoms with van der Waals surface area (Å²) >= 11 is 0. The molecule has 0 aliphatic carbocycles. The molecule has 2 N–H and O–H groups in total. The smallest absolute Gasteiger partial charge is 0.124 e. The number of benzene rings is 1. The van der Waals surface area contributed by atoms with Crippen LogP contribution in [0, 0.1) is 0 Å². The molecule has 2 atom stereocenters. The highest BCUT2D eigenvalue weighted by Gasteiger charge is 2.24. The van der Waals surface area contributed by atoms with Crippen molar-refractivity contribution >= 4 is 0 Å². The van der Waals surface area contributed by atoms with Crippen molar-refractivity contribution in [2.24, 2.45) is 0 Å². The Balaban J connectivity index is 2.99. The van der Waals surface area contributed by atoms with Gasteiger partial charge in [-0.2, -0.15) is 0 Å². The number of hydrogen-bond donors (Lipinski definition) is 2. The summed E-state index contributed by atoms with van der Waals surface area (Å²) in [5.41, 5.74) is 0.572. The largest absolute Gasteiger partial charge is 0.507 e. The highest BCUT2D eigenvalue weighted by Crippen LogP contribution is 2.36. The molecule has 0 aliphatic rings. The van der Waals surface area contributed by atoms with Gasteiger partial charge in [-0.3, -0.25) is 4.90 Å². The predicted molar refractivity (Wildman–Crippen MR) is 71.9 cm³/mol. The number of rotatable bonds is 6. The molecule has 102 valence electrons. The summed E-state index contributed by atoms with van der Waals surface area (Å²) < 4.78 is 5.17. The Kier molecular flexibility index (Phi) is 5.44. The highest BCUT2D eigenvalue weighted by atomic mass is 16.5. The van der Waals surface area contributed by atoms with Gasteiger partial charge in [0.1, 0.15) is 11.5 Å². The molecule has 0 amide bonds. The summed E-state index contributed by atoms with van der Waals surface area (Å²) in [6.45, 7) is 7.54. The minimum Gasteiger partial charge on any atom is -0.507 e. The van der Waals surface area contributed by atoms with E-state index in [2.05, 4.69) is 18.7 Å². The van der Waals surface area contributed by atoms with E-state index < -0.39 is 0 Å². The minimum atomic E-state index is -0.0682. The van der Waals surface area contributed by atoms with Crippen molar-refractivity contribution in [1.29, 1.82) is 0 Å². The van der Waals surface area contributed by atoms with Gasteiger partial charge in [-0.1, -0.05) is 13.0 Å². The van der Waals surface area contributed by atoms with Crippen molar-refractivity contribution in [2.45, 2.75) is 32.9 Å². The van der Waals surface area contributed by atoms with Crippen LogP contribution in [0.3, 0.4) is 0 Å². The molecule has 4 nitrogen and oxygen atoms in total. The summed E-state index contributed by atoms with van der Waals surface area (Å²) in [4.78, 5) is 2.18. The van der Waals surface area contributed by atoms with Crippen LogP contribution in [0.15, 0.2) is 18.2 Å². The Hall–Kier alpha value is -1.26. The third kappa shape index (κ3) is 3.15. The van der Waals surface area contributed by atoms with Crippen LogP contribution < -0.4 is 0 Å². The third-order valence-electron chi connectivity index (χ3n) is 3.31. The summed E-state index contributed by atoms with van der Waals surface area (Å²) in [5, 5.41) is 19.8. The van der Waals surface area contributed by atoms with Gasteiger partial charge in [-0.15, -0.1) is 0 Å². The predicted octanol–water partition coefficient (Wildman–Crippen LogP) is 2.52. The van der Waals surface area contributed by atoms with Crippen LogP contribution in [0.2, 0.25) is 0 Å². The van der Waals surface area contributed by atoms with Gasteiger partial charge in [0.25, 0.3) is 0 Å². The molecule has 0 saturated carbocycles. The van der Waals surface area contributed by atoms with Gasteiger partial charge in [-0.25, -0.2) is 0 Å². The average molecular weight is 253 g/mol. The van der Waals surface area contributed by atoms with E-state index in [1.807, 2.05) is 6.92 Å². The van der Waals surface area contributed by atoms with E-state index in [1.54, 1.807) is 25.3 Å². The number of likely N-dealkylation sites (N-methyl/N-ethyl adjacent to an activating group) is 1. The molecule has 1 aromatic carbocycles. The normalized spacial score (nSPS) is 14.7. The second-order valence-corrected chi connectivity index (χ2v) is 4.52. The number of methoxy groups -OCH3 is 1. The van der Waals surface area contributed by atoms with E-state index in [-0.39, 0.29) is 23.6 Å². The van der Waals surface area contributed by atoms with Crippen LogP contribution in [0.25, 0.3) is 0 Å². The number of ether oxygens (including phenoxy) is 1. The molecule has 2 unspecified atom stereocenters. The molecule has 0 aliphatic heterocycles. The molecule has 0 bridgehead atoms. The molecule has 0 fully saturated rings. The van der Waals surface area contributed by atoms with E-state index >= 15 is 0 Å². The van der Waals surface area contributed by atoms with Gasteiger partial charge >= 0.3 is 0 Å². The first-order chi connectivity index (χ1) is 8.52. The second kappa shape index (κ2) is 6.61. The number of nitrogens with zero attached hydrogens (tertiary/aromatic N) is 1. The van der Waals surface area contributed by atoms with Gasteiger partial charge in [0.2, 0.25) is 0 Å². The summed E-state index contributed by atoms with van der Waals surface area (Å²) in [6, 6.07) is 4.98. The lowest BCUT2D eigenvalue weighted by Gasteiger charge is -2.34. The topological polar surface area (TPSA) is 52.9 Å². The quantitative estimate of drug-likeness (QED) is 0.818. The monoisotopic (exact) mass is 253 g/mol. The first-order valence-electron chi connectivity index (χ1n) is 6.28. The van der Waals surface area contributed by atoms with Gasteiger partial charge < -0.3 is 14.9 Å². The Bertz CT molecular complexity index is 361. The zero-order valence-corrected chi connectivity index (χ0v) is 11.6. The lowest BCUT2D eigenvalue weighted by molar-refractivity contribution is 0.0767. The van der Waals surface area contributed by atoms with Crippen LogP contribution in [0.4, 0.5) is 0 Å². The maximum Gasteiger partial charge on any atom is 0.124 e. The second-order valence-electron chi connectivity index (χ2n) is 4.52. The van der Waals surface area contributed by atoms with E-state index in [0.717, 1.165) is 6.54 Å². The van der Waals surface area contributed by atoms with Crippen molar-refractivity contribution in [2.75, 3.05) is 20.3 Å². The molecule has 0 heterocycles. The van der Waals surface area contributed by atoms with E-state index in [0.29, 0.717) is 12.2 Å². The lowest BCUT2D eigenvalue weighted by Crippen LogP contribution is -2.38. The van der Waals surface area contributed by atoms with Crippen molar-refractivity contribution in [1.82, 2.24) is 4.90 Å². The first-order valence-corrected chi connectivity index (χ1v) is 6.28. The minimum absolute atomic E-state index is 0.0682. The number of hydrogen-bond acceptors (Lipinski definition) is 4. The Morgan fingerprint density at radius 1 is 1.22 bits per heavy atom. The van der Waals surface area contributed by atoms with E-state index in [1.165, 1.54) is 0 Å². The number of phenolic OH excluding ortho intramolecular Hbond substituents is 2. The van der Waals surface area contributed by atoms with Gasteiger partial charge in [0, 0.05) is 19.2 Å². The molecule has 1 aromatic rings. The fourth-order valence-corrected chi connectivity index (χ4v) is 2.44. The van der Waals surface area contributed by atoms with Gasteiger partial charge in [0.05, 0.1) is 12.2 Å². The number of phenols is 2. The molecule has 0 radical (unpaired) electrons. The lowest BCUT2D eigenvalue weighted by atomic mass is 10.0. The van der Waals surface area contributed by atoms with Crippen molar-refractivity contribution in [3.8, 4) is 11.5 Å². The Labute approximate surface area is 109 Å². The highest BCUT2D eigenvalue weighted by molar-refractivity contribution is 5.45. The van der Waals surface area contributed by atoms with Crippen LogP contribution in [0.5, 0.6) is 11.5 Å². The standard InChI is InChI=1S/C14H23NO3/c1-5-15(10(2)9-18-4)11(3)14-12(16)7-6-8-13(14)17/h6-8,10-11,16-17H,5,9H2,1-4H3. The number of aromatic hydroxyl groups is 2. The fraction of sp³-hybridized carbons (Fsp3) is 0.571. The molecule has 1 rings (SSSR count). The molecule has 0 aromatic heterocycles. The maximum absolute atomic E-state index is 9.90. The van der Waals surface area contributed by atoms with Gasteiger partial charge in [0.15, 0.2) is 0 Å². The van der Waals surface area contributed by atoms with Crippen molar-refractivity contribution in [3.05, 3.63) is 23.8 Å². The summed E-state index contributed by atoms with van der Waals surface area (Å²) in [5.74, 6) is 0.260. The Morgan fingerprint density at radius 3 is 2.22 bits per heavy atom. The SMILES string of the molecule is CCN(C(C)COC)C(C)c1c(O)cccc1O. The van der Waals surface area contributed by atoms with Crippen LogP contribution in [0.1, 0.15) is 32.4 Å². The van der Waals surface area contributed by atoms with E-state index in [9.17, 15) is 10.2 Å². The molecule has 0 spiro atoms.